The van der Waals surface area contributed by atoms with Crippen LogP contribution in [0.25, 0.3) is 0 Å². The zero-order chi connectivity index (χ0) is 19.6. The third-order valence-electron chi connectivity index (χ3n) is 5.25. The molecule has 2 fully saturated rings. The molecule has 27 heavy (non-hydrogen) atoms. The van der Waals surface area contributed by atoms with Gasteiger partial charge >= 0.3 is 5.97 Å². The van der Waals surface area contributed by atoms with E-state index in [0.29, 0.717) is 6.42 Å². The second kappa shape index (κ2) is 8.26. The number of rotatable bonds is 5. The Morgan fingerprint density at radius 1 is 1.15 bits per heavy atom. The fourth-order valence-corrected chi connectivity index (χ4v) is 4.81. The molecule has 1 aliphatic heterocycles. The van der Waals surface area contributed by atoms with Crippen molar-refractivity contribution in [2.24, 2.45) is 5.92 Å². The molecule has 0 spiro atoms. The van der Waals surface area contributed by atoms with E-state index in [1.807, 2.05) is 18.2 Å². The third-order valence-corrected chi connectivity index (χ3v) is 5.82. The minimum Gasteiger partial charge on any atom is -0.459 e. The van der Waals surface area contributed by atoms with Gasteiger partial charge in [-0.3, -0.25) is 8.98 Å². The largest absolute Gasteiger partial charge is 0.459 e. The Balaban J connectivity index is 1.89. The highest BCUT2D eigenvalue weighted by atomic mass is 32.2. The van der Waals surface area contributed by atoms with Gasteiger partial charge in [0.2, 0.25) is 0 Å². The maximum absolute atomic E-state index is 11.8. The Labute approximate surface area is 160 Å². The number of carbonyl (C=O) groups excluding carboxylic acids is 1. The Hall–Kier alpha value is -1.48. The van der Waals surface area contributed by atoms with Crippen molar-refractivity contribution < 1.29 is 31.6 Å². The predicted octanol–water partition coefficient (Wildman–Crippen LogP) is 2.22. The van der Waals surface area contributed by atoms with Crippen LogP contribution in [0.2, 0.25) is 0 Å². The van der Waals surface area contributed by atoms with E-state index in [4.69, 9.17) is 18.4 Å². The van der Waals surface area contributed by atoms with Crippen molar-refractivity contribution in [1.82, 2.24) is 0 Å². The van der Waals surface area contributed by atoms with E-state index in [1.165, 1.54) is 19.6 Å². The quantitative estimate of drug-likeness (QED) is 0.555. The van der Waals surface area contributed by atoms with E-state index >= 15 is 0 Å². The van der Waals surface area contributed by atoms with Gasteiger partial charge in [-0.05, 0) is 30.7 Å². The van der Waals surface area contributed by atoms with Crippen molar-refractivity contribution in [1.29, 1.82) is 0 Å². The summed E-state index contributed by atoms with van der Waals surface area (Å²) in [5, 5.41) is 0. The predicted molar refractivity (Wildman–Crippen MR) is 97.5 cm³/mol. The Morgan fingerprint density at radius 2 is 1.85 bits per heavy atom. The molecule has 0 bridgehead atoms. The van der Waals surface area contributed by atoms with Crippen LogP contribution >= 0.6 is 0 Å². The molecule has 6 atom stereocenters. The van der Waals surface area contributed by atoms with Gasteiger partial charge in [0, 0.05) is 20.0 Å². The summed E-state index contributed by atoms with van der Waals surface area (Å²) in [7, 11) is -2.37. The molecule has 0 unspecified atom stereocenters. The Bertz CT molecular complexity index is 749. The van der Waals surface area contributed by atoms with Crippen LogP contribution in [0.1, 0.15) is 37.7 Å². The Morgan fingerprint density at radius 3 is 2.44 bits per heavy atom. The molecule has 1 saturated heterocycles. The molecule has 0 radical (unpaired) electrons. The van der Waals surface area contributed by atoms with Crippen LogP contribution in [0.15, 0.2) is 30.3 Å². The summed E-state index contributed by atoms with van der Waals surface area (Å²) >= 11 is 0. The van der Waals surface area contributed by atoms with E-state index in [1.54, 1.807) is 0 Å². The van der Waals surface area contributed by atoms with Crippen molar-refractivity contribution in [2.75, 3.05) is 13.4 Å². The lowest BCUT2D eigenvalue weighted by Crippen LogP contribution is -2.59. The molecule has 1 aromatic rings. The summed E-state index contributed by atoms with van der Waals surface area (Å²) in [5.74, 6) is -0.377. The molecule has 3 rings (SSSR count). The van der Waals surface area contributed by atoms with Gasteiger partial charge in [0.25, 0.3) is 10.1 Å². The van der Waals surface area contributed by atoms with Gasteiger partial charge in [0.15, 0.2) is 12.4 Å². The van der Waals surface area contributed by atoms with Gasteiger partial charge in [-0.25, -0.2) is 0 Å². The summed E-state index contributed by atoms with van der Waals surface area (Å²) in [4.78, 5) is 11.7. The highest BCUT2D eigenvalue weighted by molar-refractivity contribution is 7.86. The number of fused-ring (bicyclic) bond motifs is 1. The van der Waals surface area contributed by atoms with E-state index in [9.17, 15) is 13.2 Å². The molecule has 1 heterocycles. The summed E-state index contributed by atoms with van der Waals surface area (Å²) in [6.45, 7) is 1.31. The minimum absolute atomic E-state index is 0.175. The van der Waals surface area contributed by atoms with Gasteiger partial charge in [0.05, 0.1) is 12.4 Å². The topological polar surface area (TPSA) is 88.1 Å². The van der Waals surface area contributed by atoms with Crippen molar-refractivity contribution in [2.45, 2.75) is 56.7 Å². The van der Waals surface area contributed by atoms with E-state index in [2.05, 4.69) is 12.1 Å². The SMILES string of the molecule is CO[C@H]1O[C@H]2CC[C@@H](c3ccccc3)C[C@@H]2[C@H](OC(C)=O)[C@H]1OS(C)(=O)=O. The first-order valence-corrected chi connectivity index (χ1v) is 10.9. The second-order valence-corrected chi connectivity index (χ2v) is 8.80. The fraction of sp³-hybridized carbons (Fsp3) is 0.632. The lowest BCUT2D eigenvalue weighted by atomic mass is 9.72. The molecule has 150 valence electrons. The fourth-order valence-electron chi connectivity index (χ4n) is 4.21. The van der Waals surface area contributed by atoms with Crippen LogP contribution in [0.5, 0.6) is 0 Å². The minimum atomic E-state index is -3.79. The summed E-state index contributed by atoms with van der Waals surface area (Å²) in [6, 6.07) is 10.1. The first-order chi connectivity index (χ1) is 12.8. The third kappa shape index (κ3) is 4.87. The van der Waals surface area contributed by atoms with Gasteiger partial charge in [-0.15, -0.1) is 0 Å². The monoisotopic (exact) mass is 398 g/mol. The highest BCUT2D eigenvalue weighted by Crippen LogP contribution is 2.44. The summed E-state index contributed by atoms with van der Waals surface area (Å²) < 4.78 is 45.6. The van der Waals surface area contributed by atoms with Crippen LogP contribution in [-0.4, -0.2) is 52.4 Å². The zero-order valence-electron chi connectivity index (χ0n) is 15.7. The number of esters is 1. The zero-order valence-corrected chi connectivity index (χ0v) is 16.6. The second-order valence-electron chi connectivity index (χ2n) is 7.20. The maximum atomic E-state index is 11.8. The molecule has 1 aromatic carbocycles. The van der Waals surface area contributed by atoms with Crippen molar-refractivity contribution in [3.63, 3.8) is 0 Å². The van der Waals surface area contributed by atoms with Gasteiger partial charge in [-0.1, -0.05) is 30.3 Å². The van der Waals surface area contributed by atoms with Gasteiger partial charge in [-0.2, -0.15) is 8.42 Å². The van der Waals surface area contributed by atoms with Gasteiger partial charge < -0.3 is 14.2 Å². The normalized spacial score (nSPS) is 33.9. The molecule has 0 amide bonds. The molecule has 1 aliphatic carbocycles. The lowest BCUT2D eigenvalue weighted by molar-refractivity contribution is -0.280. The lowest BCUT2D eigenvalue weighted by Gasteiger charge is -2.48. The van der Waals surface area contributed by atoms with Crippen LogP contribution in [-0.2, 0) is 33.3 Å². The van der Waals surface area contributed by atoms with Crippen molar-refractivity contribution in [3.8, 4) is 0 Å². The molecule has 8 heteroatoms. The van der Waals surface area contributed by atoms with Crippen LogP contribution in [0, 0.1) is 5.92 Å². The maximum Gasteiger partial charge on any atom is 0.303 e. The Kier molecular flexibility index (Phi) is 6.20. The number of hydrogen-bond acceptors (Lipinski definition) is 7. The standard InChI is InChI=1S/C19H26O7S/c1-12(20)24-17-15-11-14(13-7-5-4-6-8-13)9-10-16(15)25-19(23-2)18(17)26-27(3,21)22/h4-8,14-19H,9-11H2,1-3H3/t14-,15+,16+,17+,18-,19+/m1/s1. The van der Waals surface area contributed by atoms with Crippen molar-refractivity contribution >= 4 is 16.1 Å². The van der Waals surface area contributed by atoms with Crippen LogP contribution < -0.4 is 0 Å². The molecule has 0 N–H and O–H groups in total. The first-order valence-electron chi connectivity index (χ1n) is 9.07. The molecule has 7 nitrogen and oxygen atoms in total. The van der Waals surface area contributed by atoms with E-state index in [-0.39, 0.29) is 17.9 Å². The van der Waals surface area contributed by atoms with Crippen LogP contribution in [0.3, 0.4) is 0 Å². The van der Waals surface area contributed by atoms with Crippen LogP contribution in [0.4, 0.5) is 0 Å². The molecule has 0 aromatic heterocycles. The smallest absolute Gasteiger partial charge is 0.303 e. The average molecular weight is 398 g/mol. The number of ether oxygens (including phenoxy) is 3. The summed E-state index contributed by atoms with van der Waals surface area (Å²) in [5.41, 5.74) is 1.21. The highest BCUT2D eigenvalue weighted by Gasteiger charge is 2.52. The van der Waals surface area contributed by atoms with E-state index in [0.717, 1.165) is 19.1 Å². The molecule has 2 aliphatic rings. The first kappa shape index (κ1) is 20.3. The molecule has 1 saturated carbocycles. The average Bonchev–Trinajstić information content (AvgIpc) is 2.62. The summed E-state index contributed by atoms with van der Waals surface area (Å²) in [6.07, 6.45) is 0.491. The molecular formula is C19H26O7S. The number of hydrogen-bond donors (Lipinski definition) is 0. The number of carbonyl (C=O) groups is 1. The number of methoxy groups -OCH3 is 1. The van der Waals surface area contributed by atoms with Gasteiger partial charge in [0.1, 0.15) is 6.10 Å². The van der Waals surface area contributed by atoms with E-state index < -0.39 is 34.6 Å². The van der Waals surface area contributed by atoms with Crippen molar-refractivity contribution in [3.05, 3.63) is 35.9 Å². The molecular weight excluding hydrogens is 372 g/mol. The number of benzene rings is 1.